The fourth-order valence-corrected chi connectivity index (χ4v) is 4.54. The predicted octanol–water partition coefficient (Wildman–Crippen LogP) is 1.73. The van der Waals surface area contributed by atoms with E-state index in [1.54, 1.807) is 5.38 Å². The molecule has 0 aromatic carbocycles. The summed E-state index contributed by atoms with van der Waals surface area (Å²) in [6, 6.07) is 1.50. The quantitative estimate of drug-likeness (QED) is 0.784. The van der Waals surface area contributed by atoms with Crippen molar-refractivity contribution in [3.05, 3.63) is 11.4 Å². The molecule has 20 heavy (non-hydrogen) atoms. The summed E-state index contributed by atoms with van der Waals surface area (Å²) >= 11 is 1.16. The summed E-state index contributed by atoms with van der Waals surface area (Å²) < 4.78 is 26.9. The summed E-state index contributed by atoms with van der Waals surface area (Å²) in [7, 11) is -3.38. The summed E-state index contributed by atoms with van der Waals surface area (Å²) in [6.07, 6.45) is 3.34. The lowest BCUT2D eigenvalue weighted by atomic mass is 9.99. The fraction of sp³-hybridized carbons (Fsp3) is 0.692. The number of nitrogens with zero attached hydrogens (tertiary/aromatic N) is 1. The Kier molecular flexibility index (Phi) is 5.42. The Morgan fingerprint density at radius 2 is 2.15 bits per heavy atom. The monoisotopic (exact) mass is 317 g/mol. The molecule has 1 saturated heterocycles. The summed E-state index contributed by atoms with van der Waals surface area (Å²) in [6.45, 7) is 6.00. The minimum atomic E-state index is -3.38. The highest BCUT2D eigenvalue weighted by molar-refractivity contribution is 7.91. The molecule has 114 valence electrons. The normalized spacial score (nSPS) is 18.4. The molecule has 1 aliphatic heterocycles. The van der Waals surface area contributed by atoms with Gasteiger partial charge in [0, 0.05) is 17.6 Å². The van der Waals surface area contributed by atoms with Gasteiger partial charge in [0.15, 0.2) is 0 Å². The van der Waals surface area contributed by atoms with Crippen LogP contribution < -0.4 is 10.5 Å². The number of hydrogen-bond acceptors (Lipinski definition) is 5. The van der Waals surface area contributed by atoms with Gasteiger partial charge in [-0.15, -0.1) is 11.3 Å². The lowest BCUT2D eigenvalue weighted by Gasteiger charge is -2.30. The second-order valence-electron chi connectivity index (χ2n) is 5.47. The summed E-state index contributed by atoms with van der Waals surface area (Å²) in [5.74, 6) is 0.828. The van der Waals surface area contributed by atoms with E-state index in [1.807, 2.05) is 0 Å². The standard InChI is InChI=1S/C13H23N3O2S2/c1-11-3-7-16(8-4-11)6-2-5-15-20(17,18)13-9-12(14)10-19-13/h9-11,15H,2-8,14H2,1H3. The third-order valence-corrected chi connectivity index (χ3v) is 6.60. The zero-order chi connectivity index (χ0) is 14.6. The Bertz CT molecular complexity index is 519. The summed E-state index contributed by atoms with van der Waals surface area (Å²) in [5, 5.41) is 1.64. The van der Waals surface area contributed by atoms with Crippen molar-refractivity contribution in [2.45, 2.75) is 30.4 Å². The summed E-state index contributed by atoms with van der Waals surface area (Å²) in [5.41, 5.74) is 6.05. The molecule has 1 aliphatic rings. The lowest BCUT2D eigenvalue weighted by Crippen LogP contribution is -2.35. The number of nitrogens with one attached hydrogen (secondary N) is 1. The first kappa shape index (κ1) is 15.8. The first-order valence-electron chi connectivity index (χ1n) is 7.03. The molecule has 3 N–H and O–H groups in total. The first-order valence-corrected chi connectivity index (χ1v) is 9.40. The smallest absolute Gasteiger partial charge is 0.250 e. The molecule has 0 aliphatic carbocycles. The van der Waals surface area contributed by atoms with Gasteiger partial charge < -0.3 is 10.6 Å². The second-order valence-corrected chi connectivity index (χ2v) is 8.38. The number of nitrogens with two attached hydrogens (primary N) is 1. The molecule has 2 rings (SSSR count). The number of sulfonamides is 1. The fourth-order valence-electron chi connectivity index (χ4n) is 2.34. The number of nitrogen functional groups attached to an aromatic ring is 1. The molecule has 5 nitrogen and oxygen atoms in total. The molecule has 0 radical (unpaired) electrons. The second kappa shape index (κ2) is 6.89. The van der Waals surface area contributed by atoms with Crippen LogP contribution in [0.4, 0.5) is 5.69 Å². The first-order chi connectivity index (χ1) is 9.47. The maximum Gasteiger partial charge on any atom is 0.250 e. The van der Waals surface area contributed by atoms with Gasteiger partial charge in [-0.3, -0.25) is 0 Å². The van der Waals surface area contributed by atoms with Crippen LogP contribution in [0.25, 0.3) is 0 Å². The molecule has 0 unspecified atom stereocenters. The average molecular weight is 317 g/mol. The maximum atomic E-state index is 12.0. The van der Waals surface area contributed by atoms with Gasteiger partial charge in [-0.25, -0.2) is 13.1 Å². The van der Waals surface area contributed by atoms with Crippen molar-refractivity contribution in [1.82, 2.24) is 9.62 Å². The highest BCUT2D eigenvalue weighted by atomic mass is 32.2. The van der Waals surface area contributed by atoms with Crippen molar-refractivity contribution in [2.24, 2.45) is 5.92 Å². The molecule has 0 spiro atoms. The van der Waals surface area contributed by atoms with Gasteiger partial charge in [-0.05, 0) is 50.9 Å². The Hall–Kier alpha value is -0.630. The van der Waals surface area contributed by atoms with Crippen molar-refractivity contribution in [3.63, 3.8) is 0 Å². The molecule has 0 bridgehead atoms. The van der Waals surface area contributed by atoms with E-state index in [2.05, 4.69) is 16.5 Å². The lowest BCUT2D eigenvalue weighted by molar-refractivity contribution is 0.191. The van der Waals surface area contributed by atoms with Gasteiger partial charge in [0.05, 0.1) is 0 Å². The van der Waals surface area contributed by atoms with Crippen LogP contribution in [0.15, 0.2) is 15.7 Å². The maximum absolute atomic E-state index is 12.0. The Labute approximate surface area is 125 Å². The van der Waals surface area contributed by atoms with Gasteiger partial charge in [-0.1, -0.05) is 6.92 Å². The molecule has 2 heterocycles. The minimum Gasteiger partial charge on any atom is -0.398 e. The molecule has 1 aromatic heterocycles. The van der Waals surface area contributed by atoms with Crippen LogP contribution in [0.2, 0.25) is 0 Å². The van der Waals surface area contributed by atoms with Crippen molar-refractivity contribution in [3.8, 4) is 0 Å². The third kappa shape index (κ3) is 4.44. The third-order valence-electron chi connectivity index (χ3n) is 3.68. The number of hydrogen-bond donors (Lipinski definition) is 2. The van der Waals surface area contributed by atoms with Crippen molar-refractivity contribution >= 4 is 27.0 Å². The predicted molar refractivity (Wildman–Crippen MR) is 83.4 cm³/mol. The van der Waals surface area contributed by atoms with Gasteiger partial charge in [-0.2, -0.15) is 0 Å². The van der Waals surface area contributed by atoms with Gasteiger partial charge in [0.1, 0.15) is 4.21 Å². The zero-order valence-electron chi connectivity index (χ0n) is 11.8. The van der Waals surface area contributed by atoms with E-state index >= 15 is 0 Å². The van der Waals surface area contributed by atoms with Crippen LogP contribution >= 0.6 is 11.3 Å². The van der Waals surface area contributed by atoms with Gasteiger partial charge >= 0.3 is 0 Å². The number of anilines is 1. The molecular weight excluding hydrogens is 294 g/mol. The molecule has 0 amide bonds. The SMILES string of the molecule is CC1CCN(CCCNS(=O)(=O)c2cc(N)cs2)CC1. The van der Waals surface area contributed by atoms with E-state index in [-0.39, 0.29) is 0 Å². The molecule has 7 heteroatoms. The Morgan fingerprint density at radius 3 is 2.75 bits per heavy atom. The Morgan fingerprint density at radius 1 is 1.45 bits per heavy atom. The van der Waals surface area contributed by atoms with Crippen LogP contribution in [-0.2, 0) is 10.0 Å². The van der Waals surface area contributed by atoms with E-state index in [0.29, 0.717) is 16.4 Å². The minimum absolute atomic E-state index is 0.293. The number of rotatable bonds is 6. The highest BCUT2D eigenvalue weighted by Gasteiger charge is 2.17. The zero-order valence-corrected chi connectivity index (χ0v) is 13.5. The Balaban J connectivity index is 1.70. The van der Waals surface area contributed by atoms with E-state index in [1.165, 1.54) is 18.9 Å². The van der Waals surface area contributed by atoms with Crippen molar-refractivity contribution in [1.29, 1.82) is 0 Å². The van der Waals surface area contributed by atoms with Crippen LogP contribution in [0, 0.1) is 5.92 Å². The van der Waals surface area contributed by atoms with Crippen LogP contribution in [0.5, 0.6) is 0 Å². The highest BCUT2D eigenvalue weighted by Crippen LogP contribution is 2.21. The van der Waals surface area contributed by atoms with Crippen molar-refractivity contribution < 1.29 is 8.42 Å². The van der Waals surface area contributed by atoms with Crippen LogP contribution in [-0.4, -0.2) is 39.5 Å². The molecule has 1 aromatic rings. The largest absolute Gasteiger partial charge is 0.398 e. The number of piperidine rings is 1. The van der Waals surface area contributed by atoms with E-state index < -0.39 is 10.0 Å². The van der Waals surface area contributed by atoms with Crippen LogP contribution in [0.1, 0.15) is 26.2 Å². The topological polar surface area (TPSA) is 75.4 Å². The molecule has 0 atom stereocenters. The van der Waals surface area contributed by atoms with Gasteiger partial charge in [0.25, 0.3) is 0 Å². The molecule has 0 saturated carbocycles. The molecular formula is C13H23N3O2S2. The number of thiophene rings is 1. The average Bonchev–Trinajstić information content (AvgIpc) is 2.84. The van der Waals surface area contributed by atoms with Gasteiger partial charge in [0.2, 0.25) is 10.0 Å². The van der Waals surface area contributed by atoms with Crippen molar-refractivity contribution in [2.75, 3.05) is 31.9 Å². The molecule has 1 fully saturated rings. The number of likely N-dealkylation sites (tertiary alicyclic amines) is 1. The van der Waals surface area contributed by atoms with E-state index in [0.717, 1.165) is 43.3 Å². The van der Waals surface area contributed by atoms with E-state index in [4.69, 9.17) is 5.73 Å². The van der Waals surface area contributed by atoms with Crippen LogP contribution in [0.3, 0.4) is 0 Å². The summed E-state index contributed by atoms with van der Waals surface area (Å²) in [4.78, 5) is 2.41. The van der Waals surface area contributed by atoms with E-state index in [9.17, 15) is 8.42 Å².